The molecule has 2 nitrogen and oxygen atoms in total. The highest BCUT2D eigenvalue weighted by Crippen LogP contribution is 2.58. The van der Waals surface area contributed by atoms with Gasteiger partial charge in [-0.05, 0) is 78.4 Å². The zero-order chi connectivity index (χ0) is 11.2. The number of rotatable bonds is 3. The number of halogens is 1. The standard InChI is InChI=1S/C13H18INO/c14-13-4-2-12(3-5-13,9-16-13)8-11-7-10(11)1-6-15/h10-11H,1-5,7-9H2. The van der Waals surface area contributed by atoms with Gasteiger partial charge in [0.25, 0.3) is 0 Å². The van der Waals surface area contributed by atoms with E-state index in [0.717, 1.165) is 18.9 Å². The summed E-state index contributed by atoms with van der Waals surface area (Å²) >= 11 is 2.50. The zero-order valence-corrected chi connectivity index (χ0v) is 11.7. The van der Waals surface area contributed by atoms with Crippen molar-refractivity contribution < 1.29 is 4.74 Å². The molecule has 3 heteroatoms. The molecule has 88 valence electrons. The van der Waals surface area contributed by atoms with Gasteiger partial charge in [0.05, 0.1) is 12.7 Å². The van der Waals surface area contributed by atoms with Crippen molar-refractivity contribution >= 4 is 22.6 Å². The van der Waals surface area contributed by atoms with E-state index in [1.54, 1.807) is 0 Å². The summed E-state index contributed by atoms with van der Waals surface area (Å²) in [4.78, 5) is 0. The third kappa shape index (κ3) is 1.99. The van der Waals surface area contributed by atoms with Gasteiger partial charge >= 0.3 is 0 Å². The van der Waals surface area contributed by atoms with Crippen LogP contribution >= 0.6 is 22.6 Å². The number of nitrogens with zero attached hydrogens (tertiary/aromatic N) is 1. The van der Waals surface area contributed by atoms with Crippen LogP contribution in [0.4, 0.5) is 0 Å². The van der Waals surface area contributed by atoms with Gasteiger partial charge in [-0.2, -0.15) is 5.26 Å². The lowest BCUT2D eigenvalue weighted by Crippen LogP contribution is -2.47. The second-order valence-corrected chi connectivity index (χ2v) is 7.96. The molecular weight excluding hydrogens is 313 g/mol. The second kappa shape index (κ2) is 3.84. The predicted molar refractivity (Wildman–Crippen MR) is 70.0 cm³/mol. The molecule has 2 atom stereocenters. The molecule has 0 aromatic rings. The molecule has 0 spiro atoms. The molecule has 16 heavy (non-hydrogen) atoms. The van der Waals surface area contributed by atoms with Crippen molar-refractivity contribution in [3.8, 4) is 6.07 Å². The van der Waals surface area contributed by atoms with Crippen LogP contribution in [0.1, 0.15) is 44.9 Å². The molecule has 0 radical (unpaired) electrons. The lowest BCUT2D eigenvalue weighted by molar-refractivity contribution is -0.129. The minimum atomic E-state index is 0.176. The molecule has 2 aliphatic heterocycles. The molecular formula is C13H18INO. The fourth-order valence-corrected chi connectivity index (χ4v) is 4.17. The number of hydrogen-bond acceptors (Lipinski definition) is 2. The number of hydrogen-bond donors (Lipinski definition) is 0. The Labute approximate surface area is 111 Å². The Morgan fingerprint density at radius 1 is 1.25 bits per heavy atom. The van der Waals surface area contributed by atoms with E-state index in [-0.39, 0.29) is 3.61 Å². The van der Waals surface area contributed by atoms with Crippen molar-refractivity contribution in [1.82, 2.24) is 0 Å². The number of ether oxygens (including phenoxy) is 1. The quantitative estimate of drug-likeness (QED) is 0.584. The highest BCUT2D eigenvalue weighted by atomic mass is 127. The van der Waals surface area contributed by atoms with Crippen LogP contribution in [0.5, 0.6) is 0 Å². The van der Waals surface area contributed by atoms with E-state index >= 15 is 0 Å². The van der Waals surface area contributed by atoms with Crippen LogP contribution in [0.2, 0.25) is 0 Å². The summed E-state index contributed by atoms with van der Waals surface area (Å²) < 4.78 is 6.19. The molecule has 2 saturated carbocycles. The summed E-state index contributed by atoms with van der Waals surface area (Å²) in [7, 11) is 0. The monoisotopic (exact) mass is 331 g/mol. The lowest BCUT2D eigenvalue weighted by Gasteiger charge is -2.51. The van der Waals surface area contributed by atoms with Crippen LogP contribution in [0.3, 0.4) is 0 Å². The predicted octanol–water partition coefficient (Wildman–Crippen LogP) is 3.65. The Balaban J connectivity index is 1.58. The molecule has 0 aromatic carbocycles. The van der Waals surface area contributed by atoms with Gasteiger partial charge in [-0.3, -0.25) is 0 Å². The van der Waals surface area contributed by atoms with E-state index in [2.05, 4.69) is 28.7 Å². The first-order chi connectivity index (χ1) is 7.65. The van der Waals surface area contributed by atoms with E-state index in [1.807, 2.05) is 0 Å². The van der Waals surface area contributed by atoms with Crippen LogP contribution in [-0.2, 0) is 4.74 Å². The third-order valence-electron chi connectivity index (χ3n) is 4.81. The van der Waals surface area contributed by atoms with Crippen molar-refractivity contribution in [2.45, 2.75) is 48.6 Å². The van der Waals surface area contributed by atoms with Gasteiger partial charge in [-0.25, -0.2) is 0 Å². The summed E-state index contributed by atoms with van der Waals surface area (Å²) in [6, 6.07) is 2.31. The maximum Gasteiger partial charge on any atom is 0.119 e. The fourth-order valence-electron chi connectivity index (χ4n) is 3.47. The first kappa shape index (κ1) is 11.3. The largest absolute Gasteiger partial charge is 0.364 e. The molecule has 0 amide bonds. The fraction of sp³-hybridized carbons (Fsp3) is 0.923. The minimum absolute atomic E-state index is 0.176. The van der Waals surface area contributed by atoms with Gasteiger partial charge in [-0.15, -0.1) is 0 Å². The summed E-state index contributed by atoms with van der Waals surface area (Å²) in [5, 5.41) is 8.69. The van der Waals surface area contributed by atoms with Gasteiger partial charge in [-0.1, -0.05) is 0 Å². The smallest absolute Gasteiger partial charge is 0.119 e. The third-order valence-corrected chi connectivity index (χ3v) is 6.20. The van der Waals surface area contributed by atoms with Crippen molar-refractivity contribution in [2.24, 2.45) is 17.3 Å². The number of nitriles is 1. The van der Waals surface area contributed by atoms with Gasteiger partial charge in [0.15, 0.2) is 0 Å². The van der Waals surface area contributed by atoms with Crippen molar-refractivity contribution in [3.05, 3.63) is 0 Å². The summed E-state index contributed by atoms with van der Waals surface area (Å²) in [6.07, 6.45) is 8.58. The van der Waals surface area contributed by atoms with E-state index in [9.17, 15) is 0 Å². The van der Waals surface area contributed by atoms with Crippen LogP contribution < -0.4 is 0 Å². The van der Waals surface area contributed by atoms with E-state index in [0.29, 0.717) is 11.3 Å². The molecule has 4 fully saturated rings. The first-order valence-electron chi connectivity index (χ1n) is 6.35. The maximum atomic E-state index is 8.69. The van der Waals surface area contributed by atoms with E-state index < -0.39 is 0 Å². The first-order valence-corrected chi connectivity index (χ1v) is 7.43. The molecule has 2 saturated heterocycles. The number of alkyl halides is 1. The summed E-state index contributed by atoms with van der Waals surface area (Å²) in [6.45, 7) is 0.978. The molecule has 4 aliphatic rings. The van der Waals surface area contributed by atoms with Gasteiger partial charge in [0, 0.05) is 6.42 Å². The van der Waals surface area contributed by atoms with Crippen LogP contribution in [0.25, 0.3) is 0 Å². The normalized spacial score (nSPS) is 50.0. The molecule has 0 aromatic heterocycles. The SMILES string of the molecule is N#CCC1CC1CC12CCC(I)(CC1)OC2. The average Bonchev–Trinajstić information content (AvgIpc) is 3.00. The summed E-state index contributed by atoms with van der Waals surface area (Å²) in [5.41, 5.74) is 0.488. The molecule has 2 unspecified atom stereocenters. The van der Waals surface area contributed by atoms with E-state index in [4.69, 9.17) is 10.00 Å². The van der Waals surface area contributed by atoms with Crippen LogP contribution in [0, 0.1) is 28.6 Å². The van der Waals surface area contributed by atoms with Gasteiger partial charge in [0.1, 0.15) is 3.61 Å². The minimum Gasteiger partial charge on any atom is -0.364 e. The van der Waals surface area contributed by atoms with Crippen molar-refractivity contribution in [2.75, 3.05) is 6.61 Å². The Morgan fingerprint density at radius 3 is 2.56 bits per heavy atom. The summed E-state index contributed by atoms with van der Waals surface area (Å²) in [5.74, 6) is 1.55. The number of fused-ring (bicyclic) bond motifs is 3. The highest BCUT2D eigenvalue weighted by Gasteiger charge is 2.51. The van der Waals surface area contributed by atoms with Crippen molar-refractivity contribution in [3.63, 3.8) is 0 Å². The highest BCUT2D eigenvalue weighted by molar-refractivity contribution is 14.1. The Hall–Kier alpha value is 0.180. The average molecular weight is 331 g/mol. The lowest BCUT2D eigenvalue weighted by atomic mass is 9.68. The van der Waals surface area contributed by atoms with Crippen molar-refractivity contribution in [1.29, 1.82) is 5.26 Å². The van der Waals surface area contributed by atoms with Crippen LogP contribution in [-0.4, -0.2) is 10.2 Å². The maximum absolute atomic E-state index is 8.69. The van der Waals surface area contributed by atoms with Gasteiger partial charge in [0.2, 0.25) is 0 Å². The second-order valence-electron chi connectivity index (χ2n) is 5.99. The Kier molecular flexibility index (Phi) is 2.71. The zero-order valence-electron chi connectivity index (χ0n) is 9.54. The molecule has 2 bridgehead atoms. The molecule has 2 heterocycles. The Bertz CT molecular complexity index is 311. The van der Waals surface area contributed by atoms with E-state index in [1.165, 1.54) is 38.5 Å². The van der Waals surface area contributed by atoms with Gasteiger partial charge < -0.3 is 4.74 Å². The topological polar surface area (TPSA) is 33.0 Å². The molecule has 4 rings (SSSR count). The molecule has 2 aliphatic carbocycles. The molecule has 0 N–H and O–H groups in total. The Morgan fingerprint density at radius 2 is 2.00 bits per heavy atom. The van der Waals surface area contributed by atoms with Crippen LogP contribution in [0.15, 0.2) is 0 Å².